The van der Waals surface area contributed by atoms with Crippen molar-refractivity contribution in [1.29, 1.82) is 0 Å². The zero-order chi connectivity index (χ0) is 23.9. The van der Waals surface area contributed by atoms with Crippen molar-refractivity contribution in [2.24, 2.45) is 0 Å². The number of carbonyl (C=O) groups excluding carboxylic acids is 1. The van der Waals surface area contributed by atoms with Gasteiger partial charge in [0, 0.05) is 6.54 Å². The third-order valence-electron chi connectivity index (χ3n) is 5.69. The van der Waals surface area contributed by atoms with Gasteiger partial charge in [0.25, 0.3) is 5.91 Å². The molecule has 0 radical (unpaired) electrons. The molecule has 1 heterocycles. The topological polar surface area (TPSA) is 65.4 Å². The van der Waals surface area contributed by atoms with E-state index < -0.39 is 0 Å². The van der Waals surface area contributed by atoms with Gasteiger partial charge < -0.3 is 19.4 Å². The molecule has 4 rings (SSSR count). The molecule has 1 unspecified atom stereocenters. The molecule has 1 atom stereocenters. The normalized spacial score (nSPS) is 11.9. The van der Waals surface area contributed by atoms with Crippen molar-refractivity contribution in [1.82, 2.24) is 14.9 Å². The molecule has 0 fully saturated rings. The van der Waals surface area contributed by atoms with Crippen molar-refractivity contribution in [3.63, 3.8) is 0 Å². The van der Waals surface area contributed by atoms with E-state index in [9.17, 15) is 4.79 Å². The van der Waals surface area contributed by atoms with E-state index in [4.69, 9.17) is 14.5 Å². The van der Waals surface area contributed by atoms with Gasteiger partial charge in [0.15, 0.2) is 6.61 Å². The first-order valence-electron chi connectivity index (χ1n) is 11.6. The Kier molecular flexibility index (Phi) is 7.48. The van der Waals surface area contributed by atoms with Crippen LogP contribution in [-0.2, 0) is 11.3 Å². The van der Waals surface area contributed by atoms with Crippen LogP contribution in [0.1, 0.15) is 36.3 Å². The number of rotatable bonds is 10. The smallest absolute Gasteiger partial charge is 0.258 e. The van der Waals surface area contributed by atoms with E-state index in [1.54, 1.807) is 0 Å². The summed E-state index contributed by atoms with van der Waals surface area (Å²) >= 11 is 0. The number of nitrogens with zero attached hydrogens (tertiary/aromatic N) is 2. The number of ether oxygens (including phenoxy) is 2. The number of aryl methyl sites for hydroxylation is 3. The molecule has 34 heavy (non-hydrogen) atoms. The lowest BCUT2D eigenvalue weighted by Gasteiger charge is -2.17. The number of imidazole rings is 1. The zero-order valence-electron chi connectivity index (χ0n) is 20.0. The van der Waals surface area contributed by atoms with E-state index in [1.807, 2.05) is 87.5 Å². The molecule has 6 nitrogen and oxygen atoms in total. The average molecular weight is 458 g/mol. The molecule has 6 heteroatoms. The van der Waals surface area contributed by atoms with Crippen LogP contribution in [0.5, 0.6) is 11.5 Å². The highest BCUT2D eigenvalue weighted by Gasteiger charge is 2.18. The van der Waals surface area contributed by atoms with Crippen LogP contribution in [0, 0.1) is 13.8 Å². The standard InChI is InChI=1S/C28H31N3O3/c1-20-14-15-21(2)26(18-20)34-19-27(32)29-22(3)28-30-24-12-7-8-13-25(24)31(28)16-9-17-33-23-10-5-4-6-11-23/h4-8,10-15,18,22H,9,16-17,19H2,1-3H3,(H,29,32). The molecular weight excluding hydrogens is 426 g/mol. The van der Waals surface area contributed by atoms with Gasteiger partial charge >= 0.3 is 0 Å². The number of nitrogens with one attached hydrogen (secondary N) is 1. The SMILES string of the molecule is Cc1ccc(C)c(OCC(=O)NC(C)c2nc3ccccc3n2CCCOc2ccccc2)c1. The predicted molar refractivity (Wildman–Crippen MR) is 134 cm³/mol. The molecule has 0 aliphatic carbocycles. The maximum Gasteiger partial charge on any atom is 0.258 e. The van der Waals surface area contributed by atoms with E-state index in [-0.39, 0.29) is 18.6 Å². The van der Waals surface area contributed by atoms with Crippen molar-refractivity contribution in [3.05, 3.63) is 89.7 Å². The van der Waals surface area contributed by atoms with Gasteiger partial charge in [-0.05, 0) is 68.7 Å². The minimum absolute atomic E-state index is 0.0419. The highest BCUT2D eigenvalue weighted by atomic mass is 16.5. The number of para-hydroxylation sites is 3. The monoisotopic (exact) mass is 457 g/mol. The van der Waals surface area contributed by atoms with Crippen LogP contribution in [0.4, 0.5) is 0 Å². The molecule has 0 aliphatic heterocycles. The number of benzene rings is 3. The Labute approximate surface area is 200 Å². The summed E-state index contributed by atoms with van der Waals surface area (Å²) in [6.07, 6.45) is 0.818. The van der Waals surface area contributed by atoms with Crippen molar-refractivity contribution in [2.45, 2.75) is 39.8 Å². The first-order valence-corrected chi connectivity index (χ1v) is 11.6. The Balaban J connectivity index is 1.40. The fourth-order valence-corrected chi connectivity index (χ4v) is 3.94. The molecule has 0 aliphatic rings. The van der Waals surface area contributed by atoms with Crippen LogP contribution < -0.4 is 14.8 Å². The molecule has 176 valence electrons. The molecule has 0 saturated carbocycles. The van der Waals surface area contributed by atoms with Gasteiger partial charge in [-0.25, -0.2) is 4.98 Å². The van der Waals surface area contributed by atoms with E-state index in [0.29, 0.717) is 6.61 Å². The third-order valence-corrected chi connectivity index (χ3v) is 5.69. The molecule has 1 amide bonds. The quantitative estimate of drug-likeness (QED) is 0.325. The highest BCUT2D eigenvalue weighted by molar-refractivity contribution is 5.79. The summed E-state index contributed by atoms with van der Waals surface area (Å²) in [6, 6.07) is 23.5. The first-order chi connectivity index (χ1) is 16.5. The number of hydrogen-bond acceptors (Lipinski definition) is 4. The zero-order valence-corrected chi connectivity index (χ0v) is 20.0. The van der Waals surface area contributed by atoms with Gasteiger partial charge in [0.1, 0.15) is 17.3 Å². The molecule has 0 spiro atoms. The van der Waals surface area contributed by atoms with Gasteiger partial charge in [0.05, 0.1) is 23.7 Å². The highest BCUT2D eigenvalue weighted by Crippen LogP contribution is 2.22. The Morgan fingerprint density at radius 1 is 1.00 bits per heavy atom. The second kappa shape index (κ2) is 10.9. The number of fused-ring (bicyclic) bond motifs is 1. The van der Waals surface area contributed by atoms with Crippen LogP contribution >= 0.6 is 0 Å². The van der Waals surface area contributed by atoms with Gasteiger partial charge in [-0.3, -0.25) is 4.79 Å². The number of hydrogen-bond donors (Lipinski definition) is 1. The van der Waals surface area contributed by atoms with Crippen LogP contribution in [-0.4, -0.2) is 28.7 Å². The van der Waals surface area contributed by atoms with Crippen molar-refractivity contribution >= 4 is 16.9 Å². The van der Waals surface area contributed by atoms with Crippen LogP contribution in [0.25, 0.3) is 11.0 Å². The minimum Gasteiger partial charge on any atom is -0.494 e. The maximum atomic E-state index is 12.6. The van der Waals surface area contributed by atoms with Crippen LogP contribution in [0.2, 0.25) is 0 Å². The van der Waals surface area contributed by atoms with E-state index in [2.05, 4.69) is 16.0 Å². The maximum absolute atomic E-state index is 12.6. The van der Waals surface area contributed by atoms with Crippen LogP contribution in [0.3, 0.4) is 0 Å². The molecule has 0 bridgehead atoms. The number of amides is 1. The minimum atomic E-state index is -0.267. The largest absolute Gasteiger partial charge is 0.494 e. The summed E-state index contributed by atoms with van der Waals surface area (Å²) in [5, 5.41) is 3.04. The third kappa shape index (κ3) is 5.76. The lowest BCUT2D eigenvalue weighted by atomic mass is 10.1. The lowest BCUT2D eigenvalue weighted by molar-refractivity contribution is -0.123. The summed E-state index contributed by atoms with van der Waals surface area (Å²) < 4.78 is 13.8. The summed E-state index contributed by atoms with van der Waals surface area (Å²) in [4.78, 5) is 17.5. The second-order valence-corrected chi connectivity index (χ2v) is 8.47. The van der Waals surface area contributed by atoms with E-state index >= 15 is 0 Å². The number of carbonyl (C=O) groups is 1. The molecule has 4 aromatic rings. The predicted octanol–water partition coefficient (Wildman–Crippen LogP) is 5.38. The number of aromatic nitrogens is 2. The first kappa shape index (κ1) is 23.4. The van der Waals surface area contributed by atoms with Crippen molar-refractivity contribution in [2.75, 3.05) is 13.2 Å². The molecule has 3 aromatic carbocycles. The molecule has 1 aromatic heterocycles. The fraction of sp³-hybridized carbons (Fsp3) is 0.286. The molecule has 0 saturated heterocycles. The van der Waals surface area contributed by atoms with E-state index in [0.717, 1.165) is 52.4 Å². The molecular formula is C28H31N3O3. The van der Waals surface area contributed by atoms with Gasteiger partial charge in [-0.15, -0.1) is 0 Å². The van der Waals surface area contributed by atoms with E-state index in [1.165, 1.54) is 0 Å². The van der Waals surface area contributed by atoms with Crippen molar-refractivity contribution in [3.8, 4) is 11.5 Å². The van der Waals surface area contributed by atoms with Crippen LogP contribution in [0.15, 0.2) is 72.8 Å². The van der Waals surface area contributed by atoms with Gasteiger partial charge in [0.2, 0.25) is 0 Å². The summed E-state index contributed by atoms with van der Waals surface area (Å²) in [6.45, 7) is 7.22. The Morgan fingerprint density at radius 2 is 1.76 bits per heavy atom. The van der Waals surface area contributed by atoms with Gasteiger partial charge in [-0.2, -0.15) is 0 Å². The average Bonchev–Trinajstić information content (AvgIpc) is 3.22. The summed E-state index contributed by atoms with van der Waals surface area (Å²) in [7, 11) is 0. The Hall–Kier alpha value is -3.80. The Morgan fingerprint density at radius 3 is 2.59 bits per heavy atom. The summed E-state index contributed by atoms with van der Waals surface area (Å²) in [5.41, 5.74) is 4.06. The second-order valence-electron chi connectivity index (χ2n) is 8.47. The molecule has 1 N–H and O–H groups in total. The summed E-state index contributed by atoms with van der Waals surface area (Å²) in [5.74, 6) is 2.23. The van der Waals surface area contributed by atoms with Crippen molar-refractivity contribution < 1.29 is 14.3 Å². The van der Waals surface area contributed by atoms with Gasteiger partial charge in [-0.1, -0.05) is 42.5 Å². The fourth-order valence-electron chi connectivity index (χ4n) is 3.94. The lowest BCUT2D eigenvalue weighted by Crippen LogP contribution is -2.32. The Bertz CT molecular complexity index is 1250.